The summed E-state index contributed by atoms with van der Waals surface area (Å²) in [6.07, 6.45) is -3.15. The summed E-state index contributed by atoms with van der Waals surface area (Å²) in [6.45, 7) is 0.357. The van der Waals surface area contributed by atoms with Gasteiger partial charge in [0.1, 0.15) is 18.2 Å². The quantitative estimate of drug-likeness (QED) is 0.334. The van der Waals surface area contributed by atoms with Crippen LogP contribution in [0.2, 0.25) is 0 Å². The van der Waals surface area contributed by atoms with E-state index in [9.17, 15) is 18.0 Å². The van der Waals surface area contributed by atoms with E-state index in [0.717, 1.165) is 11.1 Å². The van der Waals surface area contributed by atoms with Gasteiger partial charge < -0.3 is 14.8 Å². The monoisotopic (exact) mass is 554 g/mol. The molecule has 0 spiro atoms. The molecule has 2 heterocycles. The molecule has 2 aliphatic heterocycles. The van der Waals surface area contributed by atoms with Gasteiger partial charge in [0.05, 0.1) is 30.5 Å². The number of ether oxygens (including phenoxy) is 2. The lowest BCUT2D eigenvalue weighted by molar-refractivity contribution is -0.274. The highest BCUT2D eigenvalue weighted by atomic mass is 32.2. The van der Waals surface area contributed by atoms with Crippen molar-refractivity contribution >= 4 is 46.3 Å². The Morgan fingerprint density at radius 1 is 1.03 bits per heavy atom. The van der Waals surface area contributed by atoms with Gasteiger partial charge >= 0.3 is 6.36 Å². The average molecular weight is 555 g/mol. The smallest absolute Gasteiger partial charge is 0.497 e. The number of benzene rings is 3. The van der Waals surface area contributed by atoms with Crippen LogP contribution in [0.3, 0.4) is 0 Å². The van der Waals surface area contributed by atoms with Crippen LogP contribution in [0.1, 0.15) is 11.1 Å². The highest BCUT2D eigenvalue weighted by Crippen LogP contribution is 2.29. The van der Waals surface area contributed by atoms with E-state index in [-0.39, 0.29) is 17.4 Å². The maximum Gasteiger partial charge on any atom is 0.573 e. The number of anilines is 2. The second-order valence-electron chi connectivity index (χ2n) is 8.19. The summed E-state index contributed by atoms with van der Waals surface area (Å²) in [5, 5.41) is 18.2. The fourth-order valence-electron chi connectivity index (χ4n) is 3.78. The van der Waals surface area contributed by atoms with Crippen LogP contribution in [0.5, 0.6) is 11.5 Å². The summed E-state index contributed by atoms with van der Waals surface area (Å²) in [4.78, 5) is 13.9. The fourth-order valence-corrected chi connectivity index (χ4v) is 4.60. The molecule has 0 aromatic heterocycles. The molecular weight excluding hydrogens is 533 g/mol. The topological polar surface area (TPSA) is 91.1 Å². The lowest BCUT2D eigenvalue weighted by Crippen LogP contribution is -2.29. The van der Waals surface area contributed by atoms with Gasteiger partial charge in [-0.15, -0.1) is 18.3 Å². The third-order valence-electron chi connectivity index (χ3n) is 5.60. The van der Waals surface area contributed by atoms with Crippen molar-refractivity contribution in [1.29, 1.82) is 0 Å². The van der Waals surface area contributed by atoms with Gasteiger partial charge in [0.25, 0.3) is 0 Å². The molecule has 1 amide bonds. The van der Waals surface area contributed by atoms with E-state index >= 15 is 0 Å². The number of halogens is 3. The molecule has 9 nitrogen and oxygen atoms in total. The molecule has 39 heavy (non-hydrogen) atoms. The summed E-state index contributed by atoms with van der Waals surface area (Å²) in [7, 11) is 1.56. The van der Waals surface area contributed by atoms with Gasteiger partial charge in [-0.1, -0.05) is 42.1 Å². The lowest BCUT2D eigenvalue weighted by Gasteiger charge is -2.15. The van der Waals surface area contributed by atoms with Crippen molar-refractivity contribution in [1.82, 2.24) is 5.32 Å². The molecule has 13 heteroatoms. The molecule has 0 radical (unpaired) electrons. The first-order valence-corrected chi connectivity index (χ1v) is 12.5. The zero-order valence-electron chi connectivity index (χ0n) is 20.4. The summed E-state index contributed by atoms with van der Waals surface area (Å²) in [6, 6.07) is 20.1. The Kier molecular flexibility index (Phi) is 7.41. The number of carbonyl (C=O) groups excluding carboxylic acids is 1. The number of alkyl halides is 3. The Morgan fingerprint density at radius 3 is 2.51 bits per heavy atom. The Morgan fingerprint density at radius 2 is 1.79 bits per heavy atom. The molecule has 0 bridgehead atoms. The van der Waals surface area contributed by atoms with Gasteiger partial charge in [0.2, 0.25) is 5.91 Å². The Hall–Kier alpha value is -4.52. The van der Waals surface area contributed by atoms with Crippen molar-refractivity contribution in [2.24, 2.45) is 15.3 Å². The van der Waals surface area contributed by atoms with E-state index in [2.05, 4.69) is 25.4 Å². The molecule has 2 aliphatic rings. The van der Waals surface area contributed by atoms with Crippen LogP contribution in [0.15, 0.2) is 88.1 Å². The van der Waals surface area contributed by atoms with Crippen molar-refractivity contribution in [2.75, 3.05) is 29.4 Å². The first-order valence-electron chi connectivity index (χ1n) is 11.6. The number of hydrazone groups is 1. The van der Waals surface area contributed by atoms with Crippen molar-refractivity contribution in [3.8, 4) is 11.5 Å². The van der Waals surface area contributed by atoms with E-state index in [1.165, 1.54) is 40.9 Å². The normalized spacial score (nSPS) is 16.7. The fraction of sp³-hybridized carbons (Fsp3) is 0.154. The molecule has 0 unspecified atom stereocenters. The SMILES string of the molecule is COc1cccc(N2C(=O)CS/C2=N\N=C\c2ccc(C3=NN(c4ccc(OC(F)(F)F)cc4)CN3)cc2)c1. The Bertz CT molecular complexity index is 1440. The molecule has 0 saturated carbocycles. The van der Waals surface area contributed by atoms with Crippen molar-refractivity contribution in [2.45, 2.75) is 6.36 Å². The number of thioether (sulfide) groups is 1. The van der Waals surface area contributed by atoms with E-state index in [4.69, 9.17) is 4.74 Å². The van der Waals surface area contributed by atoms with E-state index in [1.807, 2.05) is 30.3 Å². The van der Waals surface area contributed by atoms with Crippen LogP contribution in [-0.2, 0) is 4.79 Å². The third kappa shape index (κ3) is 6.32. The minimum Gasteiger partial charge on any atom is -0.497 e. The second-order valence-corrected chi connectivity index (χ2v) is 9.14. The van der Waals surface area contributed by atoms with Crippen LogP contribution < -0.4 is 24.7 Å². The van der Waals surface area contributed by atoms with Gasteiger partial charge in [0, 0.05) is 11.6 Å². The standard InChI is InChI=1S/C26H21F3N6O3S/c1-37-22-4-2-3-20(13-22)35-23(36)15-39-25(35)32-31-14-17-5-7-18(8-6-17)24-30-16-34(33-24)19-9-11-21(12-10-19)38-26(27,28)29/h2-14H,15-16H2,1H3,(H,30,33)/b31-14+,32-25-. The molecule has 3 aromatic carbocycles. The lowest BCUT2D eigenvalue weighted by atomic mass is 10.1. The molecule has 0 atom stereocenters. The molecule has 1 saturated heterocycles. The minimum absolute atomic E-state index is 0.0870. The van der Waals surface area contributed by atoms with Gasteiger partial charge in [0.15, 0.2) is 11.0 Å². The van der Waals surface area contributed by atoms with Gasteiger partial charge in [-0.3, -0.25) is 9.69 Å². The van der Waals surface area contributed by atoms with Crippen LogP contribution in [0, 0.1) is 0 Å². The zero-order valence-corrected chi connectivity index (χ0v) is 21.2. The molecule has 5 rings (SSSR count). The number of amides is 1. The molecule has 0 aliphatic carbocycles. The first-order chi connectivity index (χ1) is 18.8. The predicted octanol–water partition coefficient (Wildman–Crippen LogP) is 4.79. The third-order valence-corrected chi connectivity index (χ3v) is 6.51. The molecular formula is C26H21F3N6O3S. The number of hydrogen-bond acceptors (Lipinski definition) is 9. The Balaban J connectivity index is 1.24. The molecule has 200 valence electrons. The molecule has 1 N–H and O–H groups in total. The van der Waals surface area contributed by atoms with Gasteiger partial charge in [-0.25, -0.2) is 5.01 Å². The highest BCUT2D eigenvalue weighted by molar-refractivity contribution is 8.15. The average Bonchev–Trinajstić information content (AvgIpc) is 3.56. The number of nitrogens with zero attached hydrogens (tertiary/aromatic N) is 5. The number of amidine groups is 2. The van der Waals surface area contributed by atoms with Crippen LogP contribution in [0.25, 0.3) is 0 Å². The van der Waals surface area contributed by atoms with Crippen LogP contribution in [0.4, 0.5) is 24.5 Å². The molecule has 1 fully saturated rings. The van der Waals surface area contributed by atoms with Crippen molar-refractivity contribution in [3.05, 3.63) is 83.9 Å². The maximum atomic E-state index is 12.4. The Labute approximate surface area is 225 Å². The summed E-state index contributed by atoms with van der Waals surface area (Å²) in [5.41, 5.74) is 2.88. The minimum atomic E-state index is -4.74. The van der Waals surface area contributed by atoms with E-state index in [1.54, 1.807) is 36.5 Å². The number of rotatable bonds is 7. The van der Waals surface area contributed by atoms with Gasteiger partial charge in [-0.2, -0.15) is 10.2 Å². The van der Waals surface area contributed by atoms with Crippen LogP contribution >= 0.6 is 11.8 Å². The first kappa shape index (κ1) is 26.1. The summed E-state index contributed by atoms with van der Waals surface area (Å²) < 4.78 is 46.3. The summed E-state index contributed by atoms with van der Waals surface area (Å²) in [5.74, 6) is 1.15. The highest BCUT2D eigenvalue weighted by Gasteiger charge is 2.31. The van der Waals surface area contributed by atoms with Crippen molar-refractivity contribution in [3.63, 3.8) is 0 Å². The predicted molar refractivity (Wildman–Crippen MR) is 145 cm³/mol. The maximum absolute atomic E-state index is 12.4. The van der Waals surface area contributed by atoms with E-state index in [0.29, 0.717) is 34.8 Å². The number of methoxy groups -OCH3 is 1. The van der Waals surface area contributed by atoms with Gasteiger partial charge in [-0.05, 0) is 42.0 Å². The summed E-state index contributed by atoms with van der Waals surface area (Å²) >= 11 is 1.31. The van der Waals surface area contributed by atoms with Crippen LogP contribution in [-0.4, -0.2) is 49.0 Å². The second kappa shape index (κ2) is 11.1. The number of carbonyl (C=O) groups is 1. The number of hydrogen-bond donors (Lipinski definition) is 1. The zero-order chi connectivity index (χ0) is 27.4. The molecule has 3 aromatic rings. The number of nitrogens with one attached hydrogen (secondary N) is 1. The van der Waals surface area contributed by atoms with E-state index < -0.39 is 6.36 Å². The largest absolute Gasteiger partial charge is 0.573 e. The van der Waals surface area contributed by atoms with Crippen molar-refractivity contribution < 1.29 is 27.4 Å².